The van der Waals surface area contributed by atoms with E-state index in [1.54, 1.807) is 11.8 Å². The van der Waals surface area contributed by atoms with Crippen LogP contribution in [-0.2, 0) is 9.84 Å². The van der Waals surface area contributed by atoms with Crippen LogP contribution in [0.2, 0.25) is 0 Å². The number of rotatable bonds is 0. The Kier molecular flexibility index (Phi) is 1.68. The number of quaternary nitrogens is 1. The van der Waals surface area contributed by atoms with Gasteiger partial charge in [-0.05, 0) is 0 Å². The molecule has 0 aliphatic carbocycles. The lowest BCUT2D eigenvalue weighted by Crippen LogP contribution is -2.65. The lowest BCUT2D eigenvalue weighted by atomic mass is 10.3. The highest BCUT2D eigenvalue weighted by Crippen LogP contribution is 2.30. The van der Waals surface area contributed by atoms with Crippen molar-refractivity contribution in [3.8, 4) is 0 Å². The summed E-state index contributed by atoms with van der Waals surface area (Å²) < 4.78 is 22.2. The van der Waals surface area contributed by atoms with Gasteiger partial charge in [0.15, 0.2) is 15.3 Å². The Balaban J connectivity index is 2.16. The van der Waals surface area contributed by atoms with Crippen molar-refractivity contribution in [2.75, 3.05) is 11.5 Å². The molecule has 2 heterocycles. The second kappa shape index (κ2) is 2.35. The molecule has 2 aliphatic rings. The molecule has 2 saturated heterocycles. The fraction of sp³-hybridized carbons (Fsp3) is 1.00. The second-order valence-electron chi connectivity index (χ2n) is 3.01. The van der Waals surface area contributed by atoms with E-state index >= 15 is 0 Å². The summed E-state index contributed by atoms with van der Waals surface area (Å²) in [4.78, 5) is 0. The molecule has 6 heteroatoms. The van der Waals surface area contributed by atoms with Crippen molar-refractivity contribution in [1.82, 2.24) is 5.32 Å². The van der Waals surface area contributed by atoms with Crippen molar-refractivity contribution in [3.05, 3.63) is 0 Å². The molecule has 0 aromatic heterocycles. The molecule has 3 atom stereocenters. The van der Waals surface area contributed by atoms with E-state index in [1.165, 1.54) is 0 Å². The quantitative estimate of drug-likeness (QED) is 0.469. The number of hydrogen-bond donors (Lipinski definition) is 2. The average molecular weight is 195 g/mol. The summed E-state index contributed by atoms with van der Waals surface area (Å²) >= 11 is 1.64. The minimum absolute atomic E-state index is 0.160. The van der Waals surface area contributed by atoms with E-state index in [2.05, 4.69) is 11.1 Å². The van der Waals surface area contributed by atoms with Gasteiger partial charge in [0.1, 0.15) is 0 Å². The third-order valence-corrected chi connectivity index (χ3v) is 5.29. The highest BCUT2D eigenvalue weighted by Gasteiger charge is 2.45. The zero-order valence-electron chi connectivity index (χ0n) is 5.99. The van der Waals surface area contributed by atoms with Gasteiger partial charge in [0.25, 0.3) is 0 Å². The molecule has 1 unspecified atom stereocenters. The number of nitrogens with one attached hydrogen (secondary N) is 1. The Morgan fingerprint density at radius 3 is 2.82 bits per heavy atom. The van der Waals surface area contributed by atoms with E-state index in [1.807, 2.05) is 0 Å². The van der Waals surface area contributed by atoms with Crippen LogP contribution in [0.5, 0.6) is 0 Å². The van der Waals surface area contributed by atoms with E-state index in [-0.39, 0.29) is 16.8 Å². The van der Waals surface area contributed by atoms with Gasteiger partial charge in [-0.25, -0.2) is 8.42 Å². The van der Waals surface area contributed by atoms with Gasteiger partial charge in [-0.3, -0.25) is 5.32 Å². The van der Waals surface area contributed by atoms with Crippen molar-refractivity contribution in [1.29, 1.82) is 0 Å². The smallest absolute Gasteiger partial charge is 0.187 e. The standard InChI is InChI=1S/C5H10N2O2S2/c6-5-7-3-1-11(8,9)2-4(3)10-5/h3-5,7H,1-2,6H2/p+1/t3-,4+,5?/m0/s1. The topological polar surface area (TPSA) is 73.8 Å². The molecule has 0 amide bonds. The molecule has 4 nitrogen and oxygen atoms in total. The predicted octanol–water partition coefficient (Wildman–Crippen LogP) is -1.99. The maximum absolute atomic E-state index is 11.1. The first-order chi connectivity index (χ1) is 5.07. The number of fused-ring (bicyclic) bond motifs is 1. The van der Waals surface area contributed by atoms with Gasteiger partial charge in [-0.15, -0.1) is 0 Å². The minimum atomic E-state index is -2.74. The molecule has 0 saturated carbocycles. The van der Waals surface area contributed by atoms with Crippen molar-refractivity contribution in [2.24, 2.45) is 0 Å². The average Bonchev–Trinajstić information content (AvgIpc) is 2.17. The molecule has 0 aromatic rings. The lowest BCUT2D eigenvalue weighted by molar-refractivity contribution is -0.393. The highest BCUT2D eigenvalue weighted by atomic mass is 32.2. The maximum Gasteiger partial charge on any atom is 0.187 e. The van der Waals surface area contributed by atoms with Gasteiger partial charge >= 0.3 is 0 Å². The molecule has 4 N–H and O–H groups in total. The van der Waals surface area contributed by atoms with Crippen LogP contribution in [0.1, 0.15) is 0 Å². The second-order valence-corrected chi connectivity index (χ2v) is 6.61. The van der Waals surface area contributed by atoms with E-state index < -0.39 is 9.84 Å². The number of sulfone groups is 1. The van der Waals surface area contributed by atoms with Crippen LogP contribution in [0.4, 0.5) is 0 Å². The first-order valence-corrected chi connectivity index (χ1v) is 6.28. The first-order valence-electron chi connectivity index (χ1n) is 3.52. The van der Waals surface area contributed by atoms with E-state index in [4.69, 9.17) is 0 Å². The van der Waals surface area contributed by atoms with Crippen LogP contribution < -0.4 is 11.1 Å². The van der Waals surface area contributed by atoms with Gasteiger partial charge in [0, 0.05) is 11.3 Å². The van der Waals surface area contributed by atoms with Crippen LogP contribution in [0.3, 0.4) is 0 Å². The minimum Gasteiger partial charge on any atom is -0.334 e. The fourth-order valence-corrected chi connectivity index (χ4v) is 5.44. The molecule has 0 spiro atoms. The lowest BCUT2D eigenvalue weighted by Gasteiger charge is -2.01. The van der Waals surface area contributed by atoms with Gasteiger partial charge in [-0.1, -0.05) is 11.8 Å². The molecule has 2 rings (SSSR count). The molecular weight excluding hydrogens is 184 g/mol. The van der Waals surface area contributed by atoms with Crippen molar-refractivity contribution >= 4 is 21.6 Å². The zero-order valence-corrected chi connectivity index (χ0v) is 7.62. The summed E-state index contributed by atoms with van der Waals surface area (Å²) in [5, 5.41) is 3.40. The SMILES string of the molecule is [NH3+]C1N[C@H]2CS(=O)(=O)C[C@H]2S1. The van der Waals surface area contributed by atoms with E-state index in [0.717, 1.165) is 0 Å². The highest BCUT2D eigenvalue weighted by molar-refractivity contribution is 8.02. The molecule has 0 aromatic carbocycles. The van der Waals surface area contributed by atoms with Crippen LogP contribution in [0.25, 0.3) is 0 Å². The molecule has 0 radical (unpaired) electrons. The molecule has 0 bridgehead atoms. The third-order valence-electron chi connectivity index (χ3n) is 2.04. The maximum atomic E-state index is 11.1. The summed E-state index contributed by atoms with van der Waals surface area (Å²) in [5.41, 5.74) is 4.01. The first kappa shape index (κ1) is 7.85. The number of hydrogen-bond acceptors (Lipinski definition) is 4. The van der Waals surface area contributed by atoms with Crippen LogP contribution in [0.15, 0.2) is 0 Å². The summed E-state index contributed by atoms with van der Waals surface area (Å²) in [6.45, 7) is 0. The Labute approximate surface area is 69.8 Å². The van der Waals surface area contributed by atoms with Gasteiger partial charge in [0.05, 0.1) is 11.5 Å². The van der Waals surface area contributed by atoms with Crippen molar-refractivity contribution in [3.63, 3.8) is 0 Å². The monoisotopic (exact) mass is 195 g/mol. The van der Waals surface area contributed by atoms with Crippen LogP contribution in [0, 0.1) is 0 Å². The predicted molar refractivity (Wildman–Crippen MR) is 43.6 cm³/mol. The molecule has 2 fully saturated rings. The van der Waals surface area contributed by atoms with Gasteiger partial charge in [0.2, 0.25) is 0 Å². The normalized spacial score (nSPS) is 47.5. The van der Waals surface area contributed by atoms with Gasteiger partial charge in [-0.2, -0.15) is 0 Å². The Morgan fingerprint density at radius 2 is 2.18 bits per heavy atom. The third kappa shape index (κ3) is 1.40. The van der Waals surface area contributed by atoms with E-state index in [9.17, 15) is 8.42 Å². The Bertz CT molecular complexity index is 244. The summed E-state index contributed by atoms with van der Waals surface area (Å²) in [6.07, 6.45) is 0. The van der Waals surface area contributed by atoms with Crippen molar-refractivity contribution < 1.29 is 14.2 Å². The molecule has 11 heavy (non-hydrogen) atoms. The summed E-state index contributed by atoms with van der Waals surface area (Å²) in [7, 11) is -2.74. The summed E-state index contributed by atoms with van der Waals surface area (Å²) in [5.74, 6) is 0.637. The number of thioether (sulfide) groups is 1. The van der Waals surface area contributed by atoms with E-state index in [0.29, 0.717) is 11.5 Å². The fourth-order valence-electron chi connectivity index (χ4n) is 1.59. The van der Waals surface area contributed by atoms with Crippen LogP contribution in [-0.4, -0.2) is 36.7 Å². The Morgan fingerprint density at radius 1 is 1.45 bits per heavy atom. The molecule has 64 valence electrons. The zero-order chi connectivity index (χ0) is 8.06. The molecular formula is C5H11N2O2S2+. The van der Waals surface area contributed by atoms with Crippen molar-refractivity contribution in [2.45, 2.75) is 16.8 Å². The summed E-state index contributed by atoms with van der Waals surface area (Å²) in [6, 6.07) is 0.160. The van der Waals surface area contributed by atoms with Gasteiger partial charge < -0.3 is 5.73 Å². The largest absolute Gasteiger partial charge is 0.334 e. The Hall–Kier alpha value is 0.220. The van der Waals surface area contributed by atoms with Crippen LogP contribution >= 0.6 is 11.8 Å². The molecule has 2 aliphatic heterocycles.